The number of benzene rings is 2. The van der Waals surface area contributed by atoms with Crippen molar-refractivity contribution in [3.05, 3.63) is 71.6 Å². The van der Waals surface area contributed by atoms with Gasteiger partial charge in [-0.3, -0.25) is 14.7 Å². The highest BCUT2D eigenvalue weighted by Gasteiger charge is 2.26. The second-order valence-corrected chi connectivity index (χ2v) is 7.70. The van der Waals surface area contributed by atoms with Crippen molar-refractivity contribution in [2.45, 2.75) is 29.8 Å². The van der Waals surface area contributed by atoms with Gasteiger partial charge in [0.05, 0.1) is 0 Å². The van der Waals surface area contributed by atoms with Gasteiger partial charge in [0.1, 0.15) is 17.5 Å². The molecule has 1 aliphatic heterocycles. The lowest BCUT2D eigenvalue weighted by Crippen LogP contribution is -2.53. The van der Waals surface area contributed by atoms with Crippen molar-refractivity contribution in [3.63, 3.8) is 0 Å². The maximum atomic E-state index is 13.4. The number of carbonyl (C=O) groups is 2. The molecule has 10 heteroatoms. The van der Waals surface area contributed by atoms with Gasteiger partial charge in [-0.1, -0.05) is 23.9 Å². The fraction of sp³-hybridized carbons (Fsp3) is 0.200. The van der Waals surface area contributed by atoms with E-state index in [0.717, 1.165) is 5.56 Å². The van der Waals surface area contributed by atoms with Gasteiger partial charge in [-0.2, -0.15) is 0 Å². The summed E-state index contributed by atoms with van der Waals surface area (Å²) in [5, 5.41) is 13.9. The minimum absolute atomic E-state index is 0.125. The molecule has 2 N–H and O–H groups in total. The molecule has 7 nitrogen and oxygen atoms in total. The van der Waals surface area contributed by atoms with Crippen molar-refractivity contribution in [1.82, 2.24) is 25.4 Å². The Kier molecular flexibility index (Phi) is 5.75. The van der Waals surface area contributed by atoms with Gasteiger partial charge in [0.2, 0.25) is 5.91 Å². The molecule has 0 bridgehead atoms. The number of imide groups is 1. The summed E-state index contributed by atoms with van der Waals surface area (Å²) in [6, 6.07) is 11.1. The number of thioether (sulfide) groups is 1. The van der Waals surface area contributed by atoms with Crippen molar-refractivity contribution >= 4 is 23.7 Å². The summed E-state index contributed by atoms with van der Waals surface area (Å²) in [6.45, 7) is 0. The number of hydrogen-bond acceptors (Lipinski definition) is 5. The summed E-state index contributed by atoms with van der Waals surface area (Å²) in [5.74, 6) is 0.0252. The predicted octanol–water partition coefficient (Wildman–Crippen LogP) is 2.98. The van der Waals surface area contributed by atoms with E-state index in [1.165, 1.54) is 36.0 Å². The third-order valence-electron chi connectivity index (χ3n) is 4.52. The molecule has 0 radical (unpaired) electrons. The van der Waals surface area contributed by atoms with E-state index in [2.05, 4.69) is 20.8 Å². The van der Waals surface area contributed by atoms with Crippen LogP contribution in [0.25, 0.3) is 5.69 Å². The zero-order valence-electron chi connectivity index (χ0n) is 15.6. The second-order valence-electron chi connectivity index (χ2n) is 6.75. The van der Waals surface area contributed by atoms with E-state index in [9.17, 15) is 18.4 Å². The molecule has 30 heavy (non-hydrogen) atoms. The Morgan fingerprint density at radius 3 is 2.33 bits per heavy atom. The average Bonchev–Trinajstić information content (AvgIpc) is 3.10. The average molecular weight is 429 g/mol. The van der Waals surface area contributed by atoms with Crippen LogP contribution >= 0.6 is 11.8 Å². The summed E-state index contributed by atoms with van der Waals surface area (Å²) in [5.41, 5.74) is 1.57. The normalized spacial score (nSPS) is 16.3. The van der Waals surface area contributed by atoms with E-state index >= 15 is 0 Å². The van der Waals surface area contributed by atoms with Crippen LogP contribution in [0.2, 0.25) is 0 Å². The fourth-order valence-electron chi connectivity index (χ4n) is 3.12. The minimum Gasteiger partial charge on any atom is -0.334 e. The van der Waals surface area contributed by atoms with Crippen LogP contribution in [-0.4, -0.2) is 32.7 Å². The molecule has 3 amide bonds. The number of rotatable bonds is 6. The number of halogens is 2. The number of nitrogens with one attached hydrogen (secondary N) is 2. The Hall–Kier alpha value is -3.27. The fourth-order valence-corrected chi connectivity index (χ4v) is 4.05. The first-order chi connectivity index (χ1) is 14.5. The minimum atomic E-state index is -0.546. The molecule has 0 aliphatic carbocycles. The molecule has 2 heterocycles. The zero-order valence-corrected chi connectivity index (χ0v) is 16.5. The van der Waals surface area contributed by atoms with Crippen molar-refractivity contribution in [1.29, 1.82) is 0 Å². The Balaban J connectivity index is 1.61. The molecule has 1 aromatic heterocycles. The number of carbonyl (C=O) groups excluding carboxylic acids is 2. The molecule has 1 saturated heterocycles. The summed E-state index contributed by atoms with van der Waals surface area (Å²) in [4.78, 5) is 23.3. The summed E-state index contributed by atoms with van der Waals surface area (Å²) >= 11 is 1.40. The molecular weight excluding hydrogens is 412 g/mol. The van der Waals surface area contributed by atoms with E-state index < -0.39 is 12.1 Å². The van der Waals surface area contributed by atoms with Gasteiger partial charge in [0, 0.05) is 30.3 Å². The van der Waals surface area contributed by atoms with Crippen molar-refractivity contribution in [2.24, 2.45) is 0 Å². The number of nitrogens with zero attached hydrogens (tertiary/aromatic N) is 3. The largest absolute Gasteiger partial charge is 0.334 e. The Bertz CT molecular complexity index is 1050. The standard InChI is InChI=1S/C20H17F2N5O2S/c21-13-3-1-12(2-4-13)11-30-20-26-25-17(9-15-10-18(28)24-19(29)23-15)27(20)16-7-5-14(22)6-8-16/h1-8,15H,9-11H2,(H2,23,24,28,29). The zero-order chi connectivity index (χ0) is 21.1. The van der Waals surface area contributed by atoms with Crippen LogP contribution in [0.1, 0.15) is 17.8 Å². The monoisotopic (exact) mass is 429 g/mol. The number of amides is 3. The lowest BCUT2D eigenvalue weighted by molar-refractivity contribution is -0.121. The molecule has 1 fully saturated rings. The lowest BCUT2D eigenvalue weighted by Gasteiger charge is -2.23. The smallest absolute Gasteiger partial charge is 0.321 e. The van der Waals surface area contributed by atoms with E-state index in [0.29, 0.717) is 22.4 Å². The summed E-state index contributed by atoms with van der Waals surface area (Å²) in [7, 11) is 0. The first kappa shape index (κ1) is 20.0. The molecular formula is C20H17F2N5O2S. The number of aromatic nitrogens is 3. The van der Waals surface area contributed by atoms with Crippen LogP contribution in [0.5, 0.6) is 0 Å². The second kappa shape index (κ2) is 8.62. The molecule has 0 spiro atoms. The SMILES string of the molecule is O=C1CC(Cc2nnc(SCc3ccc(F)cc3)n2-c2ccc(F)cc2)NC(=O)N1. The third-order valence-corrected chi connectivity index (χ3v) is 5.52. The van der Waals surface area contributed by atoms with Crippen molar-refractivity contribution < 1.29 is 18.4 Å². The lowest BCUT2D eigenvalue weighted by atomic mass is 10.1. The van der Waals surface area contributed by atoms with Crippen LogP contribution in [0.4, 0.5) is 13.6 Å². The van der Waals surface area contributed by atoms with Crippen LogP contribution in [0, 0.1) is 11.6 Å². The maximum Gasteiger partial charge on any atom is 0.321 e. The quantitative estimate of drug-likeness (QED) is 0.588. The van der Waals surface area contributed by atoms with Crippen LogP contribution < -0.4 is 10.6 Å². The molecule has 3 aromatic rings. The van der Waals surface area contributed by atoms with Gasteiger partial charge >= 0.3 is 6.03 Å². The molecule has 1 aliphatic rings. The van der Waals surface area contributed by atoms with Gasteiger partial charge in [-0.15, -0.1) is 10.2 Å². The Morgan fingerprint density at radius 1 is 1.00 bits per heavy atom. The van der Waals surface area contributed by atoms with Crippen LogP contribution in [0.3, 0.4) is 0 Å². The molecule has 4 rings (SSSR count). The number of urea groups is 1. The van der Waals surface area contributed by atoms with E-state index in [1.54, 1.807) is 28.8 Å². The van der Waals surface area contributed by atoms with Gasteiger partial charge in [0.15, 0.2) is 5.16 Å². The highest BCUT2D eigenvalue weighted by molar-refractivity contribution is 7.98. The summed E-state index contributed by atoms with van der Waals surface area (Å²) in [6.07, 6.45) is 0.403. The van der Waals surface area contributed by atoms with E-state index in [1.807, 2.05) is 0 Å². The van der Waals surface area contributed by atoms with Gasteiger partial charge in [0.25, 0.3) is 0 Å². The van der Waals surface area contributed by atoms with Crippen LogP contribution in [0.15, 0.2) is 53.7 Å². The Labute approximate surface area is 174 Å². The first-order valence-corrected chi connectivity index (χ1v) is 10.1. The molecule has 2 aromatic carbocycles. The van der Waals surface area contributed by atoms with Gasteiger partial charge in [-0.05, 0) is 42.0 Å². The van der Waals surface area contributed by atoms with Gasteiger partial charge in [-0.25, -0.2) is 13.6 Å². The van der Waals surface area contributed by atoms with E-state index in [-0.39, 0.29) is 30.4 Å². The van der Waals surface area contributed by atoms with Crippen LogP contribution in [-0.2, 0) is 17.0 Å². The predicted molar refractivity (Wildman–Crippen MR) is 106 cm³/mol. The Morgan fingerprint density at radius 2 is 1.67 bits per heavy atom. The number of hydrogen-bond donors (Lipinski definition) is 2. The van der Waals surface area contributed by atoms with Gasteiger partial charge < -0.3 is 5.32 Å². The molecule has 1 atom stereocenters. The molecule has 1 unspecified atom stereocenters. The topological polar surface area (TPSA) is 88.9 Å². The third kappa shape index (κ3) is 4.65. The first-order valence-electron chi connectivity index (χ1n) is 9.16. The van der Waals surface area contributed by atoms with Crippen molar-refractivity contribution in [2.75, 3.05) is 0 Å². The van der Waals surface area contributed by atoms with E-state index in [4.69, 9.17) is 0 Å². The summed E-state index contributed by atoms with van der Waals surface area (Å²) < 4.78 is 28.3. The molecule has 0 saturated carbocycles. The van der Waals surface area contributed by atoms with Crippen molar-refractivity contribution in [3.8, 4) is 5.69 Å². The highest BCUT2D eigenvalue weighted by atomic mass is 32.2. The highest BCUT2D eigenvalue weighted by Crippen LogP contribution is 2.26. The maximum absolute atomic E-state index is 13.4. The molecule has 154 valence electrons.